The van der Waals surface area contributed by atoms with Gasteiger partial charge >= 0.3 is 12.1 Å². The van der Waals surface area contributed by atoms with Crippen LogP contribution >= 0.6 is 0 Å². The minimum Gasteiger partial charge on any atom is -0.480 e. The summed E-state index contributed by atoms with van der Waals surface area (Å²) in [4.78, 5) is 24.3. The highest BCUT2D eigenvalue weighted by atomic mass is 32.2. The molecule has 0 fully saturated rings. The van der Waals surface area contributed by atoms with Crippen LogP contribution in [0.25, 0.3) is 22.3 Å². The molecule has 4 aromatic carbocycles. The van der Waals surface area contributed by atoms with Crippen molar-refractivity contribution in [3.63, 3.8) is 0 Å². The Balaban J connectivity index is 1.39. The van der Waals surface area contributed by atoms with Crippen molar-refractivity contribution >= 4 is 21.9 Å². The molecule has 0 bridgehead atoms. The standard InChI is InChI=1S/C29H23F3N2O5S/c30-29(31,32)24-14-10-21(11-15-24)20-6-8-23(9-7-20)27(35)34-26(28(36)37)18-33-40(38,39)25-16-12-22(13-17-25)19-4-2-1-3-5-19/h1-17,26,33H,18H2,(H,34,35)(H,36,37). The van der Waals surface area contributed by atoms with Gasteiger partial charge in [0.15, 0.2) is 0 Å². The maximum absolute atomic E-state index is 12.8. The monoisotopic (exact) mass is 568 g/mol. The number of hydrogen-bond acceptors (Lipinski definition) is 4. The van der Waals surface area contributed by atoms with Gasteiger partial charge in [-0.05, 0) is 58.7 Å². The van der Waals surface area contributed by atoms with Crippen molar-refractivity contribution in [3.05, 3.63) is 114 Å². The molecule has 0 saturated heterocycles. The van der Waals surface area contributed by atoms with Crippen LogP contribution in [0.5, 0.6) is 0 Å². The molecule has 0 aliphatic rings. The first-order valence-electron chi connectivity index (χ1n) is 11.9. The summed E-state index contributed by atoms with van der Waals surface area (Å²) in [5, 5.41) is 11.8. The van der Waals surface area contributed by atoms with Crippen LogP contribution in [0.4, 0.5) is 13.2 Å². The van der Waals surface area contributed by atoms with E-state index in [9.17, 15) is 36.3 Å². The van der Waals surface area contributed by atoms with E-state index < -0.39 is 46.2 Å². The molecule has 0 heterocycles. The van der Waals surface area contributed by atoms with Gasteiger partial charge in [0.1, 0.15) is 6.04 Å². The third-order valence-electron chi connectivity index (χ3n) is 6.05. The van der Waals surface area contributed by atoms with Crippen molar-refractivity contribution in [2.45, 2.75) is 17.1 Å². The molecule has 0 aromatic heterocycles. The summed E-state index contributed by atoms with van der Waals surface area (Å²) < 4.78 is 66.0. The molecule has 4 rings (SSSR count). The summed E-state index contributed by atoms with van der Waals surface area (Å²) >= 11 is 0. The number of alkyl halides is 3. The molecule has 1 atom stereocenters. The Morgan fingerprint density at radius 2 is 1.20 bits per heavy atom. The largest absolute Gasteiger partial charge is 0.480 e. The predicted octanol–water partition coefficient (Wildman–Crippen LogP) is 5.20. The first-order chi connectivity index (χ1) is 18.9. The molecular formula is C29H23F3N2O5S. The van der Waals surface area contributed by atoms with Crippen LogP contribution in [0.15, 0.2) is 108 Å². The zero-order chi connectivity index (χ0) is 28.9. The number of nitrogens with one attached hydrogen (secondary N) is 2. The van der Waals surface area contributed by atoms with E-state index in [1.807, 2.05) is 30.3 Å². The van der Waals surface area contributed by atoms with Gasteiger partial charge in [-0.1, -0.05) is 66.7 Å². The van der Waals surface area contributed by atoms with E-state index in [1.165, 1.54) is 48.5 Å². The van der Waals surface area contributed by atoms with E-state index in [4.69, 9.17) is 0 Å². The fourth-order valence-electron chi connectivity index (χ4n) is 3.84. The number of carbonyl (C=O) groups is 2. The summed E-state index contributed by atoms with van der Waals surface area (Å²) in [5.41, 5.74) is 2.05. The highest BCUT2D eigenvalue weighted by molar-refractivity contribution is 7.89. The Morgan fingerprint density at radius 3 is 1.70 bits per heavy atom. The SMILES string of the molecule is O=C(NC(CNS(=O)(=O)c1ccc(-c2ccccc2)cc1)C(=O)O)c1ccc(-c2ccc(C(F)(F)F)cc2)cc1. The highest BCUT2D eigenvalue weighted by Crippen LogP contribution is 2.31. The molecule has 40 heavy (non-hydrogen) atoms. The number of carbonyl (C=O) groups excluding carboxylic acids is 1. The van der Waals surface area contributed by atoms with Gasteiger partial charge in [0.25, 0.3) is 5.91 Å². The van der Waals surface area contributed by atoms with Gasteiger partial charge in [0, 0.05) is 12.1 Å². The third-order valence-corrected chi connectivity index (χ3v) is 7.48. The van der Waals surface area contributed by atoms with Gasteiger partial charge in [-0.15, -0.1) is 0 Å². The summed E-state index contributed by atoms with van der Waals surface area (Å²) in [6.07, 6.45) is -4.46. The minimum atomic E-state index is -4.46. The molecule has 4 aromatic rings. The summed E-state index contributed by atoms with van der Waals surface area (Å²) in [6.45, 7) is -0.604. The van der Waals surface area contributed by atoms with Crippen molar-refractivity contribution < 1.29 is 36.3 Å². The van der Waals surface area contributed by atoms with Gasteiger partial charge in [-0.2, -0.15) is 13.2 Å². The van der Waals surface area contributed by atoms with Crippen LogP contribution in [-0.4, -0.2) is 38.0 Å². The van der Waals surface area contributed by atoms with Crippen molar-refractivity contribution in [1.29, 1.82) is 0 Å². The Labute approximate surface area is 228 Å². The number of sulfonamides is 1. The topological polar surface area (TPSA) is 113 Å². The number of halogens is 3. The van der Waals surface area contributed by atoms with Crippen molar-refractivity contribution in [1.82, 2.24) is 10.0 Å². The number of carboxylic acids is 1. The number of aliphatic carboxylic acids is 1. The normalized spacial score (nSPS) is 12.5. The van der Waals surface area contributed by atoms with E-state index in [-0.39, 0.29) is 10.5 Å². The van der Waals surface area contributed by atoms with Crippen LogP contribution < -0.4 is 10.0 Å². The van der Waals surface area contributed by atoms with Crippen molar-refractivity contribution in [2.24, 2.45) is 0 Å². The summed E-state index contributed by atoms with van der Waals surface area (Å²) in [7, 11) is -4.07. The van der Waals surface area contributed by atoms with Crippen LogP contribution in [0.2, 0.25) is 0 Å². The van der Waals surface area contributed by atoms with Crippen LogP contribution in [0.3, 0.4) is 0 Å². The fraction of sp³-hybridized carbons (Fsp3) is 0.103. The molecule has 206 valence electrons. The van der Waals surface area contributed by atoms with E-state index >= 15 is 0 Å². The second-order valence-electron chi connectivity index (χ2n) is 8.76. The molecule has 0 aliphatic heterocycles. The first-order valence-corrected chi connectivity index (χ1v) is 13.4. The zero-order valence-corrected chi connectivity index (χ0v) is 21.5. The molecule has 1 unspecified atom stereocenters. The van der Waals surface area contributed by atoms with Gasteiger partial charge in [-0.25, -0.2) is 17.9 Å². The lowest BCUT2D eigenvalue weighted by Crippen LogP contribution is -2.48. The van der Waals surface area contributed by atoms with Gasteiger partial charge in [0.05, 0.1) is 10.5 Å². The Hall–Kier alpha value is -4.48. The molecule has 11 heteroatoms. The molecule has 0 radical (unpaired) electrons. The minimum absolute atomic E-state index is 0.0681. The van der Waals surface area contributed by atoms with E-state index in [2.05, 4.69) is 10.0 Å². The number of rotatable bonds is 9. The maximum Gasteiger partial charge on any atom is 0.416 e. The van der Waals surface area contributed by atoms with Crippen LogP contribution in [0, 0.1) is 0 Å². The lowest BCUT2D eigenvalue weighted by molar-refractivity contribution is -0.139. The second-order valence-corrected chi connectivity index (χ2v) is 10.5. The molecule has 3 N–H and O–H groups in total. The van der Waals surface area contributed by atoms with Gasteiger partial charge < -0.3 is 10.4 Å². The van der Waals surface area contributed by atoms with Crippen LogP contribution in [0.1, 0.15) is 15.9 Å². The Kier molecular flexibility index (Phi) is 8.36. The molecule has 0 aliphatic carbocycles. The molecule has 1 amide bonds. The lowest BCUT2D eigenvalue weighted by Gasteiger charge is -2.16. The Bertz CT molecular complexity index is 1590. The van der Waals surface area contributed by atoms with Crippen molar-refractivity contribution in [2.75, 3.05) is 6.54 Å². The molecular weight excluding hydrogens is 545 g/mol. The van der Waals surface area contributed by atoms with Crippen molar-refractivity contribution in [3.8, 4) is 22.3 Å². The number of amides is 1. The van der Waals surface area contributed by atoms with Gasteiger partial charge in [0.2, 0.25) is 10.0 Å². The zero-order valence-electron chi connectivity index (χ0n) is 20.7. The van der Waals surface area contributed by atoms with E-state index in [0.29, 0.717) is 11.1 Å². The van der Waals surface area contributed by atoms with Gasteiger partial charge in [-0.3, -0.25) is 4.79 Å². The number of carboxylic acid groups (broad SMARTS) is 1. The van der Waals surface area contributed by atoms with Crippen LogP contribution in [-0.2, 0) is 21.0 Å². The average Bonchev–Trinajstić information content (AvgIpc) is 2.95. The highest BCUT2D eigenvalue weighted by Gasteiger charge is 2.30. The Morgan fingerprint density at radius 1 is 0.725 bits per heavy atom. The average molecular weight is 569 g/mol. The quantitative estimate of drug-likeness (QED) is 0.257. The predicted molar refractivity (Wildman–Crippen MR) is 143 cm³/mol. The number of hydrogen-bond donors (Lipinski definition) is 3. The summed E-state index contributed by atoms with van der Waals surface area (Å²) in [5.74, 6) is -2.21. The molecule has 0 saturated carbocycles. The smallest absolute Gasteiger partial charge is 0.416 e. The maximum atomic E-state index is 12.8. The lowest BCUT2D eigenvalue weighted by atomic mass is 10.0. The summed E-state index contributed by atoms with van der Waals surface area (Å²) in [6, 6.07) is 24.1. The van der Waals surface area contributed by atoms with E-state index in [0.717, 1.165) is 23.3 Å². The second kappa shape index (κ2) is 11.7. The molecule has 7 nitrogen and oxygen atoms in total. The fourth-order valence-corrected chi connectivity index (χ4v) is 4.89. The van der Waals surface area contributed by atoms with E-state index in [1.54, 1.807) is 12.1 Å². The molecule has 0 spiro atoms. The first kappa shape index (κ1) is 28.5. The number of benzene rings is 4. The third kappa shape index (κ3) is 6.93.